The summed E-state index contributed by atoms with van der Waals surface area (Å²) >= 11 is 2.34. The van der Waals surface area contributed by atoms with Crippen molar-refractivity contribution in [3.8, 4) is 5.75 Å². The predicted octanol–water partition coefficient (Wildman–Crippen LogP) is 3.79. The molecule has 2 aromatic rings. The summed E-state index contributed by atoms with van der Waals surface area (Å²) in [5.41, 5.74) is 1.29. The first kappa shape index (κ1) is 19.1. The van der Waals surface area contributed by atoms with Crippen molar-refractivity contribution in [2.45, 2.75) is 4.90 Å². The van der Waals surface area contributed by atoms with Gasteiger partial charge in [0.25, 0.3) is 11.1 Å². The highest BCUT2D eigenvalue weighted by atomic mass is 32.2. The molecule has 0 aliphatic carbocycles. The van der Waals surface area contributed by atoms with E-state index in [2.05, 4.69) is 5.32 Å². The van der Waals surface area contributed by atoms with Gasteiger partial charge in [0, 0.05) is 10.6 Å². The fourth-order valence-corrected chi connectivity index (χ4v) is 3.70. The molecule has 138 valence electrons. The number of imide groups is 1. The topological polar surface area (TPSA) is 86.7 Å². The molecule has 0 saturated carbocycles. The van der Waals surface area contributed by atoms with Crippen LogP contribution in [0.25, 0.3) is 6.08 Å². The van der Waals surface area contributed by atoms with Crippen LogP contribution in [0.15, 0.2) is 58.3 Å². The van der Waals surface area contributed by atoms with E-state index in [4.69, 9.17) is 0 Å². The standard InChI is InChI=1S/C19H16N2O4S2/c1-26-15-4-2-3-13(10-15)20-17(23)11-21-18(24)16(27-19(21)25)9-12-5-7-14(22)8-6-12/h2-10,22H,11H2,1H3,(H,20,23). The zero-order valence-electron chi connectivity index (χ0n) is 14.3. The van der Waals surface area contributed by atoms with Gasteiger partial charge in [-0.3, -0.25) is 19.3 Å². The average Bonchev–Trinajstić information content (AvgIpc) is 2.91. The number of carbonyl (C=O) groups is 3. The maximum atomic E-state index is 12.5. The summed E-state index contributed by atoms with van der Waals surface area (Å²) in [5.74, 6) is -0.838. The van der Waals surface area contributed by atoms with E-state index in [1.807, 2.05) is 24.5 Å². The summed E-state index contributed by atoms with van der Waals surface area (Å²) in [7, 11) is 0. The monoisotopic (exact) mass is 400 g/mol. The molecule has 2 N–H and O–H groups in total. The molecule has 3 rings (SSSR count). The van der Waals surface area contributed by atoms with Crippen LogP contribution >= 0.6 is 23.5 Å². The number of amides is 3. The minimum Gasteiger partial charge on any atom is -0.508 e. The SMILES string of the molecule is CSc1cccc(NC(=O)CN2C(=O)SC(=Cc3ccc(O)cc3)C2=O)c1. The van der Waals surface area contributed by atoms with E-state index in [1.54, 1.807) is 36.0 Å². The third kappa shape index (κ3) is 4.72. The maximum absolute atomic E-state index is 12.5. The Kier molecular flexibility index (Phi) is 5.88. The number of aromatic hydroxyl groups is 1. The molecule has 1 aliphatic heterocycles. The second-order valence-electron chi connectivity index (χ2n) is 5.64. The van der Waals surface area contributed by atoms with Gasteiger partial charge in [-0.05, 0) is 60.0 Å². The summed E-state index contributed by atoms with van der Waals surface area (Å²) in [6.07, 6.45) is 3.49. The van der Waals surface area contributed by atoms with Crippen LogP contribution in [0.5, 0.6) is 5.75 Å². The summed E-state index contributed by atoms with van der Waals surface area (Å²) in [6.45, 7) is -0.346. The second kappa shape index (κ2) is 8.32. The van der Waals surface area contributed by atoms with Crippen LogP contribution in [-0.4, -0.2) is 39.9 Å². The Bertz CT molecular complexity index is 926. The average molecular weight is 400 g/mol. The van der Waals surface area contributed by atoms with Gasteiger partial charge < -0.3 is 10.4 Å². The highest BCUT2D eigenvalue weighted by Gasteiger charge is 2.36. The van der Waals surface area contributed by atoms with Crippen molar-refractivity contribution in [3.63, 3.8) is 0 Å². The van der Waals surface area contributed by atoms with Crippen LogP contribution in [0.2, 0.25) is 0 Å². The Labute approximate surface area is 164 Å². The van der Waals surface area contributed by atoms with Crippen LogP contribution in [0.1, 0.15) is 5.56 Å². The molecule has 1 fully saturated rings. The number of thioether (sulfide) groups is 2. The molecule has 0 unspecified atom stereocenters. The van der Waals surface area contributed by atoms with Gasteiger partial charge in [-0.15, -0.1) is 11.8 Å². The van der Waals surface area contributed by atoms with Crippen molar-refractivity contribution in [1.82, 2.24) is 4.90 Å². The fraction of sp³-hybridized carbons (Fsp3) is 0.105. The molecule has 3 amide bonds. The first-order valence-corrected chi connectivity index (χ1v) is 9.98. The molecule has 1 saturated heterocycles. The van der Waals surface area contributed by atoms with E-state index in [-0.39, 0.29) is 17.2 Å². The van der Waals surface area contributed by atoms with Crippen LogP contribution in [0.3, 0.4) is 0 Å². The maximum Gasteiger partial charge on any atom is 0.294 e. The lowest BCUT2D eigenvalue weighted by Gasteiger charge is -2.12. The van der Waals surface area contributed by atoms with E-state index >= 15 is 0 Å². The lowest BCUT2D eigenvalue weighted by Crippen LogP contribution is -2.36. The predicted molar refractivity (Wildman–Crippen MR) is 108 cm³/mol. The lowest BCUT2D eigenvalue weighted by atomic mass is 10.2. The van der Waals surface area contributed by atoms with Crippen molar-refractivity contribution >= 4 is 52.3 Å². The highest BCUT2D eigenvalue weighted by molar-refractivity contribution is 8.18. The number of nitrogens with one attached hydrogen (secondary N) is 1. The van der Waals surface area contributed by atoms with E-state index in [0.717, 1.165) is 21.6 Å². The number of carbonyl (C=O) groups excluding carboxylic acids is 3. The van der Waals surface area contributed by atoms with Gasteiger partial charge in [0.15, 0.2) is 0 Å². The van der Waals surface area contributed by atoms with Crippen LogP contribution < -0.4 is 5.32 Å². The third-order valence-electron chi connectivity index (χ3n) is 3.72. The first-order valence-electron chi connectivity index (χ1n) is 7.94. The zero-order valence-corrected chi connectivity index (χ0v) is 16.0. The Balaban J connectivity index is 1.68. The smallest absolute Gasteiger partial charge is 0.294 e. The number of nitrogens with zero attached hydrogens (tertiary/aromatic N) is 1. The number of hydrogen-bond donors (Lipinski definition) is 2. The van der Waals surface area contributed by atoms with E-state index in [9.17, 15) is 19.5 Å². The second-order valence-corrected chi connectivity index (χ2v) is 7.51. The molecule has 0 aromatic heterocycles. The molecule has 1 heterocycles. The van der Waals surface area contributed by atoms with E-state index in [1.165, 1.54) is 12.1 Å². The van der Waals surface area contributed by atoms with Crippen molar-refractivity contribution in [2.75, 3.05) is 18.1 Å². The van der Waals surface area contributed by atoms with Crippen LogP contribution in [0.4, 0.5) is 10.5 Å². The molecule has 0 radical (unpaired) electrons. The molecule has 0 atom stereocenters. The third-order valence-corrected chi connectivity index (χ3v) is 5.35. The molecule has 0 bridgehead atoms. The van der Waals surface area contributed by atoms with Gasteiger partial charge >= 0.3 is 0 Å². The van der Waals surface area contributed by atoms with Crippen molar-refractivity contribution in [3.05, 3.63) is 59.0 Å². The van der Waals surface area contributed by atoms with Gasteiger partial charge in [-0.1, -0.05) is 18.2 Å². The molecule has 6 nitrogen and oxygen atoms in total. The molecule has 8 heteroatoms. The Hall–Kier alpha value is -2.71. The zero-order chi connectivity index (χ0) is 19.4. The summed E-state index contributed by atoms with van der Waals surface area (Å²) in [5, 5.41) is 11.5. The number of anilines is 1. The largest absolute Gasteiger partial charge is 0.508 e. The summed E-state index contributed by atoms with van der Waals surface area (Å²) in [4.78, 5) is 39.0. The Morgan fingerprint density at radius 2 is 1.96 bits per heavy atom. The minimum absolute atomic E-state index is 0.113. The quantitative estimate of drug-likeness (QED) is 0.587. The van der Waals surface area contributed by atoms with Gasteiger partial charge in [-0.25, -0.2) is 0 Å². The van der Waals surface area contributed by atoms with Crippen LogP contribution in [0, 0.1) is 0 Å². The summed E-state index contributed by atoms with van der Waals surface area (Å²) < 4.78 is 0. The van der Waals surface area contributed by atoms with Crippen molar-refractivity contribution in [1.29, 1.82) is 0 Å². The first-order chi connectivity index (χ1) is 13.0. The molecule has 0 spiro atoms. The number of phenolic OH excluding ortho intramolecular Hbond substituents is 1. The van der Waals surface area contributed by atoms with Gasteiger partial charge in [-0.2, -0.15) is 0 Å². The summed E-state index contributed by atoms with van der Waals surface area (Å²) in [6, 6.07) is 13.6. The number of rotatable bonds is 5. The van der Waals surface area contributed by atoms with Gasteiger partial charge in [0.1, 0.15) is 12.3 Å². The molecule has 27 heavy (non-hydrogen) atoms. The molecule has 2 aromatic carbocycles. The van der Waals surface area contributed by atoms with Crippen LogP contribution in [-0.2, 0) is 9.59 Å². The number of phenols is 1. The van der Waals surface area contributed by atoms with Gasteiger partial charge in [0.2, 0.25) is 5.91 Å². The van der Waals surface area contributed by atoms with Crippen molar-refractivity contribution < 1.29 is 19.5 Å². The number of hydrogen-bond acceptors (Lipinski definition) is 6. The van der Waals surface area contributed by atoms with Crippen molar-refractivity contribution in [2.24, 2.45) is 0 Å². The molecule has 1 aliphatic rings. The minimum atomic E-state index is -0.508. The lowest BCUT2D eigenvalue weighted by molar-refractivity contribution is -0.127. The fourth-order valence-electron chi connectivity index (χ4n) is 2.40. The normalized spacial score (nSPS) is 15.4. The Morgan fingerprint density at radius 1 is 1.22 bits per heavy atom. The molecular formula is C19H16N2O4S2. The number of benzene rings is 2. The Morgan fingerprint density at radius 3 is 2.67 bits per heavy atom. The highest BCUT2D eigenvalue weighted by Crippen LogP contribution is 2.32. The van der Waals surface area contributed by atoms with Gasteiger partial charge in [0.05, 0.1) is 4.91 Å². The van der Waals surface area contributed by atoms with E-state index < -0.39 is 17.1 Å². The molecular weight excluding hydrogens is 384 g/mol. The van der Waals surface area contributed by atoms with E-state index in [0.29, 0.717) is 11.3 Å².